The molecule has 1 N–H and O–H groups in total. The molecular weight excluding hydrogens is 346 g/mol. The minimum Gasteiger partial charge on any atom is -0.493 e. The number of carbonyl (C=O) groups is 1. The lowest BCUT2D eigenvalue weighted by Gasteiger charge is -2.40. The highest BCUT2D eigenvalue weighted by atomic mass is 32.2. The summed E-state index contributed by atoms with van der Waals surface area (Å²) in [6.07, 6.45) is 3.16. The monoisotopic (exact) mass is 377 g/mol. The highest BCUT2D eigenvalue weighted by Gasteiger charge is 2.27. The predicted octanol–water partition coefficient (Wildman–Crippen LogP) is 3.20. The first-order valence-corrected chi connectivity index (χ1v) is 11.0. The van der Waals surface area contributed by atoms with E-state index in [1.807, 2.05) is 29.2 Å². The number of piperidine rings is 1. The van der Waals surface area contributed by atoms with Gasteiger partial charge in [0.25, 0.3) is 0 Å². The van der Waals surface area contributed by atoms with E-state index in [2.05, 4.69) is 28.9 Å². The summed E-state index contributed by atoms with van der Waals surface area (Å²) in [4.78, 5) is 17.1. The van der Waals surface area contributed by atoms with Crippen molar-refractivity contribution in [2.75, 3.05) is 44.3 Å². The van der Waals surface area contributed by atoms with Gasteiger partial charge in [-0.3, -0.25) is 4.90 Å². The Hall–Kier alpha value is -1.40. The lowest BCUT2D eigenvalue weighted by atomic mass is 10.0. The fourth-order valence-electron chi connectivity index (χ4n) is 3.66. The van der Waals surface area contributed by atoms with Crippen molar-refractivity contribution < 1.29 is 9.53 Å². The van der Waals surface area contributed by atoms with Crippen molar-refractivity contribution in [2.24, 2.45) is 0 Å². The molecule has 0 saturated carbocycles. The van der Waals surface area contributed by atoms with Crippen LogP contribution in [0.3, 0.4) is 0 Å². The van der Waals surface area contributed by atoms with Crippen LogP contribution < -0.4 is 10.1 Å². The molecule has 0 aliphatic carbocycles. The van der Waals surface area contributed by atoms with Gasteiger partial charge in [-0.1, -0.05) is 25.1 Å². The normalized spacial score (nSPS) is 19.3. The predicted molar refractivity (Wildman–Crippen MR) is 108 cm³/mol. The number of carbonyl (C=O) groups excluding carboxylic acids is 1. The molecule has 6 heteroatoms. The summed E-state index contributed by atoms with van der Waals surface area (Å²) in [5.41, 5.74) is 1.04. The Morgan fingerprint density at radius 2 is 1.92 bits per heavy atom. The van der Waals surface area contributed by atoms with E-state index in [4.69, 9.17) is 4.74 Å². The molecule has 5 nitrogen and oxygen atoms in total. The quantitative estimate of drug-likeness (QED) is 0.827. The van der Waals surface area contributed by atoms with E-state index in [0.717, 1.165) is 43.7 Å². The average Bonchev–Trinajstić information content (AvgIpc) is 2.72. The van der Waals surface area contributed by atoms with Gasteiger partial charge in [-0.2, -0.15) is 11.8 Å². The van der Waals surface area contributed by atoms with E-state index in [-0.39, 0.29) is 6.03 Å². The molecule has 144 valence electrons. The molecule has 2 amide bonds. The minimum absolute atomic E-state index is 0.0444. The Balaban J connectivity index is 1.44. The van der Waals surface area contributed by atoms with E-state index in [0.29, 0.717) is 19.2 Å². The molecule has 0 bridgehead atoms. The van der Waals surface area contributed by atoms with Crippen molar-refractivity contribution >= 4 is 17.8 Å². The number of hydrogen-bond acceptors (Lipinski definition) is 4. The van der Waals surface area contributed by atoms with Crippen LogP contribution in [-0.4, -0.2) is 66.2 Å². The third kappa shape index (κ3) is 5.30. The first kappa shape index (κ1) is 19.4. The van der Waals surface area contributed by atoms with Crippen LogP contribution in [-0.2, 0) is 6.54 Å². The van der Waals surface area contributed by atoms with Gasteiger partial charge in [0.15, 0.2) is 0 Å². The van der Waals surface area contributed by atoms with Crippen LogP contribution >= 0.6 is 11.8 Å². The standard InChI is InChI=1S/C20H31N3O2S/c1-2-13-25-19-6-4-3-5-17(19)16-21-20(24)23-9-7-18(8-10-23)22-11-14-26-15-12-22/h3-6,18H,2,7-16H2,1H3,(H,21,24). The van der Waals surface area contributed by atoms with E-state index in [9.17, 15) is 4.79 Å². The second-order valence-corrected chi connectivity index (χ2v) is 8.21. The molecule has 3 rings (SSSR count). The summed E-state index contributed by atoms with van der Waals surface area (Å²) in [6, 6.07) is 8.65. The Morgan fingerprint density at radius 3 is 2.65 bits per heavy atom. The fraction of sp³-hybridized carbons (Fsp3) is 0.650. The first-order chi connectivity index (χ1) is 12.8. The Morgan fingerprint density at radius 1 is 1.19 bits per heavy atom. The zero-order valence-corrected chi connectivity index (χ0v) is 16.6. The number of benzene rings is 1. The highest BCUT2D eigenvalue weighted by molar-refractivity contribution is 7.99. The molecule has 2 saturated heterocycles. The minimum atomic E-state index is 0.0444. The molecule has 26 heavy (non-hydrogen) atoms. The number of para-hydroxylation sites is 1. The molecule has 1 aromatic rings. The smallest absolute Gasteiger partial charge is 0.317 e. The van der Waals surface area contributed by atoms with Crippen LogP contribution in [0.4, 0.5) is 4.79 Å². The summed E-state index contributed by atoms with van der Waals surface area (Å²) in [5.74, 6) is 3.37. The van der Waals surface area contributed by atoms with Crippen LogP contribution in [0.25, 0.3) is 0 Å². The summed E-state index contributed by atoms with van der Waals surface area (Å²) in [6.45, 7) is 7.43. The maximum atomic E-state index is 12.5. The van der Waals surface area contributed by atoms with Crippen molar-refractivity contribution in [3.8, 4) is 5.75 Å². The Labute approximate surface area is 161 Å². The van der Waals surface area contributed by atoms with Gasteiger partial charge in [0, 0.05) is 55.8 Å². The number of amides is 2. The van der Waals surface area contributed by atoms with Crippen LogP contribution in [0.2, 0.25) is 0 Å². The van der Waals surface area contributed by atoms with Gasteiger partial charge in [0.1, 0.15) is 5.75 Å². The molecule has 0 atom stereocenters. The summed E-state index contributed by atoms with van der Waals surface area (Å²) in [5, 5.41) is 3.07. The van der Waals surface area contributed by atoms with Crippen molar-refractivity contribution in [3.63, 3.8) is 0 Å². The summed E-state index contributed by atoms with van der Waals surface area (Å²) < 4.78 is 5.77. The SMILES string of the molecule is CCCOc1ccccc1CNC(=O)N1CCC(N2CCSCC2)CC1. The van der Waals surface area contributed by atoms with Gasteiger partial charge in [-0.25, -0.2) is 4.79 Å². The molecule has 0 unspecified atom stereocenters. The van der Waals surface area contributed by atoms with Gasteiger partial charge >= 0.3 is 6.03 Å². The Bertz CT molecular complexity index is 570. The van der Waals surface area contributed by atoms with Crippen LogP contribution in [0.15, 0.2) is 24.3 Å². The van der Waals surface area contributed by atoms with Crippen molar-refractivity contribution in [2.45, 2.75) is 38.8 Å². The van der Waals surface area contributed by atoms with Gasteiger partial charge < -0.3 is 15.0 Å². The van der Waals surface area contributed by atoms with Crippen molar-refractivity contribution in [3.05, 3.63) is 29.8 Å². The maximum absolute atomic E-state index is 12.5. The lowest BCUT2D eigenvalue weighted by molar-refractivity contribution is 0.124. The van der Waals surface area contributed by atoms with Crippen LogP contribution in [0.1, 0.15) is 31.7 Å². The number of hydrogen-bond donors (Lipinski definition) is 1. The van der Waals surface area contributed by atoms with Gasteiger partial charge in [0.05, 0.1) is 6.61 Å². The van der Waals surface area contributed by atoms with E-state index >= 15 is 0 Å². The summed E-state index contributed by atoms with van der Waals surface area (Å²) >= 11 is 2.05. The largest absolute Gasteiger partial charge is 0.493 e. The molecular formula is C20H31N3O2S. The number of thioether (sulfide) groups is 1. The molecule has 2 aliphatic heterocycles. The van der Waals surface area contributed by atoms with Crippen molar-refractivity contribution in [1.29, 1.82) is 0 Å². The molecule has 0 radical (unpaired) electrons. The number of likely N-dealkylation sites (tertiary alicyclic amines) is 1. The fourth-order valence-corrected chi connectivity index (χ4v) is 4.59. The number of nitrogens with zero attached hydrogens (tertiary/aromatic N) is 2. The molecule has 2 fully saturated rings. The van der Waals surface area contributed by atoms with Crippen LogP contribution in [0.5, 0.6) is 5.75 Å². The van der Waals surface area contributed by atoms with E-state index in [1.54, 1.807) is 0 Å². The molecule has 0 spiro atoms. The number of urea groups is 1. The number of nitrogens with one attached hydrogen (secondary N) is 1. The number of ether oxygens (including phenoxy) is 1. The third-order valence-corrected chi connectivity index (χ3v) is 6.12. The molecule has 2 aliphatic rings. The van der Waals surface area contributed by atoms with Gasteiger partial charge in [0.2, 0.25) is 0 Å². The molecule has 0 aromatic heterocycles. The van der Waals surface area contributed by atoms with Crippen molar-refractivity contribution in [1.82, 2.24) is 15.1 Å². The second kappa shape index (κ2) is 10.1. The van der Waals surface area contributed by atoms with E-state index in [1.165, 1.54) is 24.6 Å². The second-order valence-electron chi connectivity index (χ2n) is 6.98. The van der Waals surface area contributed by atoms with E-state index < -0.39 is 0 Å². The average molecular weight is 378 g/mol. The maximum Gasteiger partial charge on any atom is 0.317 e. The number of rotatable bonds is 6. The highest BCUT2D eigenvalue weighted by Crippen LogP contribution is 2.21. The Kier molecular flexibility index (Phi) is 7.50. The zero-order chi connectivity index (χ0) is 18.2. The third-order valence-electron chi connectivity index (χ3n) is 5.18. The van der Waals surface area contributed by atoms with Crippen LogP contribution in [0, 0.1) is 0 Å². The lowest BCUT2D eigenvalue weighted by Crippen LogP contribution is -2.51. The van der Waals surface area contributed by atoms with Gasteiger partial charge in [-0.15, -0.1) is 0 Å². The molecule has 2 heterocycles. The molecule has 1 aromatic carbocycles. The first-order valence-electron chi connectivity index (χ1n) is 9.83. The zero-order valence-electron chi connectivity index (χ0n) is 15.8. The van der Waals surface area contributed by atoms with Gasteiger partial charge in [-0.05, 0) is 25.3 Å². The topological polar surface area (TPSA) is 44.8 Å². The summed E-state index contributed by atoms with van der Waals surface area (Å²) in [7, 11) is 0.